The third-order valence-electron chi connectivity index (χ3n) is 7.15. The topological polar surface area (TPSA) is 123 Å². The fourth-order valence-electron chi connectivity index (χ4n) is 5.14. The molecule has 3 aromatic rings. The first-order valence-electron chi connectivity index (χ1n) is 12.0. The van der Waals surface area contributed by atoms with Gasteiger partial charge in [-0.05, 0) is 48.2 Å². The highest BCUT2D eigenvalue weighted by Crippen LogP contribution is 2.38. The van der Waals surface area contributed by atoms with Crippen molar-refractivity contribution in [3.05, 3.63) is 35.9 Å². The summed E-state index contributed by atoms with van der Waals surface area (Å²) in [4.78, 5) is 17.1. The average Bonchev–Trinajstić information content (AvgIpc) is 3.45. The molecule has 3 fully saturated rings. The molecule has 1 aromatic heterocycles. The van der Waals surface area contributed by atoms with Crippen LogP contribution in [0.2, 0.25) is 0 Å². The molecule has 1 amide bonds. The Bertz CT molecular complexity index is 1220. The zero-order valence-corrected chi connectivity index (χ0v) is 19.1. The number of hydrogen-bond acceptors (Lipinski definition) is 7. The van der Waals surface area contributed by atoms with Crippen LogP contribution in [-0.2, 0) is 4.74 Å². The van der Waals surface area contributed by atoms with Gasteiger partial charge in [0.1, 0.15) is 11.9 Å². The standard InChI is InChI=1S/C25H30N6O3/c26-24-23-20(28-29-24)11-16(13-22(23)34-18-5-10-33-14-18)15-1-4-19(25(27)32)21(12-15)31-8-6-30(7-9-31)17-2-3-17/h1,4,11-13,17-18H,2-3,5-10,14H2,(H2,27,32)(H3,26,28,29)/t18-/m0/s1. The van der Waals surface area contributed by atoms with E-state index in [1.165, 1.54) is 12.8 Å². The predicted octanol–water partition coefficient (Wildman–Crippen LogP) is 2.36. The summed E-state index contributed by atoms with van der Waals surface area (Å²) in [5, 5.41) is 7.98. The predicted molar refractivity (Wildman–Crippen MR) is 131 cm³/mol. The van der Waals surface area contributed by atoms with E-state index in [0.717, 1.165) is 66.4 Å². The maximum absolute atomic E-state index is 12.2. The van der Waals surface area contributed by atoms with E-state index in [9.17, 15) is 4.79 Å². The Morgan fingerprint density at radius 3 is 2.62 bits per heavy atom. The molecule has 0 bridgehead atoms. The van der Waals surface area contributed by atoms with Crippen molar-refractivity contribution in [2.75, 3.05) is 50.0 Å². The lowest BCUT2D eigenvalue weighted by atomic mass is 9.99. The molecule has 5 N–H and O–H groups in total. The number of nitrogens with two attached hydrogens (primary N) is 2. The van der Waals surface area contributed by atoms with Gasteiger partial charge in [0, 0.05) is 38.6 Å². The molecule has 2 aromatic carbocycles. The number of piperazine rings is 1. The van der Waals surface area contributed by atoms with Gasteiger partial charge in [0.2, 0.25) is 0 Å². The third kappa shape index (κ3) is 3.95. The number of ether oxygens (including phenoxy) is 2. The lowest BCUT2D eigenvalue weighted by Gasteiger charge is -2.37. The summed E-state index contributed by atoms with van der Waals surface area (Å²) < 4.78 is 11.8. The largest absolute Gasteiger partial charge is 0.487 e. The van der Waals surface area contributed by atoms with E-state index in [1.807, 2.05) is 24.3 Å². The van der Waals surface area contributed by atoms with Crippen LogP contribution in [-0.4, -0.2) is 72.5 Å². The van der Waals surface area contributed by atoms with Crippen molar-refractivity contribution in [3.63, 3.8) is 0 Å². The van der Waals surface area contributed by atoms with Crippen LogP contribution in [0.5, 0.6) is 5.75 Å². The molecule has 0 spiro atoms. The number of primary amides is 1. The van der Waals surface area contributed by atoms with Crippen molar-refractivity contribution in [1.29, 1.82) is 0 Å². The minimum absolute atomic E-state index is 0.0108. The fraction of sp³-hybridized carbons (Fsp3) is 0.440. The van der Waals surface area contributed by atoms with Gasteiger partial charge in [-0.3, -0.25) is 14.8 Å². The van der Waals surface area contributed by atoms with Crippen LogP contribution in [0.1, 0.15) is 29.6 Å². The van der Waals surface area contributed by atoms with Gasteiger partial charge in [-0.25, -0.2) is 0 Å². The number of anilines is 2. The second-order valence-corrected chi connectivity index (χ2v) is 9.46. The fourth-order valence-corrected chi connectivity index (χ4v) is 5.14. The van der Waals surface area contributed by atoms with Gasteiger partial charge in [0.15, 0.2) is 5.82 Å². The molecule has 0 radical (unpaired) electrons. The van der Waals surface area contributed by atoms with Crippen LogP contribution < -0.4 is 21.1 Å². The third-order valence-corrected chi connectivity index (χ3v) is 7.15. The number of aromatic amines is 1. The van der Waals surface area contributed by atoms with Crippen molar-refractivity contribution < 1.29 is 14.3 Å². The first-order valence-corrected chi connectivity index (χ1v) is 12.0. The number of nitrogen functional groups attached to an aromatic ring is 1. The minimum Gasteiger partial charge on any atom is -0.487 e. The second kappa shape index (κ2) is 8.48. The van der Waals surface area contributed by atoms with Crippen molar-refractivity contribution in [2.45, 2.75) is 31.4 Å². The molecule has 2 saturated heterocycles. The van der Waals surface area contributed by atoms with E-state index in [-0.39, 0.29) is 6.10 Å². The summed E-state index contributed by atoms with van der Waals surface area (Å²) in [5.41, 5.74) is 16.1. The molecular formula is C25H30N6O3. The smallest absolute Gasteiger partial charge is 0.250 e. The molecule has 34 heavy (non-hydrogen) atoms. The van der Waals surface area contributed by atoms with Crippen molar-refractivity contribution in [3.8, 4) is 16.9 Å². The normalized spacial score (nSPS) is 21.3. The Kier molecular flexibility index (Phi) is 5.30. The van der Waals surface area contributed by atoms with Gasteiger partial charge in [0.05, 0.1) is 35.4 Å². The number of nitrogens with one attached hydrogen (secondary N) is 1. The first kappa shape index (κ1) is 21.2. The Morgan fingerprint density at radius 2 is 1.91 bits per heavy atom. The monoisotopic (exact) mass is 462 g/mol. The summed E-state index contributed by atoms with van der Waals surface area (Å²) in [5.74, 6) is 0.690. The maximum Gasteiger partial charge on any atom is 0.250 e. The van der Waals surface area contributed by atoms with Crippen molar-refractivity contribution in [2.24, 2.45) is 5.73 Å². The molecule has 9 nitrogen and oxygen atoms in total. The Labute approximate surface area is 198 Å². The molecule has 9 heteroatoms. The van der Waals surface area contributed by atoms with Gasteiger partial charge in [-0.15, -0.1) is 0 Å². The molecular weight excluding hydrogens is 432 g/mol. The molecule has 3 aliphatic rings. The summed E-state index contributed by atoms with van der Waals surface area (Å²) in [6, 6.07) is 10.6. The number of nitrogens with zero attached hydrogens (tertiary/aromatic N) is 3. The van der Waals surface area contributed by atoms with Crippen molar-refractivity contribution >= 4 is 28.3 Å². The zero-order chi connectivity index (χ0) is 23.2. The number of rotatable bonds is 6. The van der Waals surface area contributed by atoms with Gasteiger partial charge < -0.3 is 25.8 Å². The number of aromatic nitrogens is 2. The highest BCUT2D eigenvalue weighted by Gasteiger charge is 2.32. The van der Waals surface area contributed by atoms with Gasteiger partial charge >= 0.3 is 0 Å². The van der Waals surface area contributed by atoms with E-state index in [4.69, 9.17) is 20.9 Å². The SMILES string of the molecule is NC(=O)c1ccc(-c2cc(O[C@H]3CCOC3)c3c(N)n[nH]c3c2)cc1N1CCN(C2CC2)CC1. The van der Waals surface area contributed by atoms with Crippen LogP contribution in [0.4, 0.5) is 11.5 Å². The number of fused-ring (bicyclic) bond motifs is 1. The van der Waals surface area contributed by atoms with Gasteiger partial charge in [-0.1, -0.05) is 6.07 Å². The average molecular weight is 463 g/mol. The summed E-state index contributed by atoms with van der Waals surface area (Å²) in [7, 11) is 0. The number of benzene rings is 2. The minimum atomic E-state index is -0.409. The number of hydrogen-bond donors (Lipinski definition) is 3. The summed E-state index contributed by atoms with van der Waals surface area (Å²) in [6.45, 7) is 5.04. The highest BCUT2D eigenvalue weighted by atomic mass is 16.5. The molecule has 2 aliphatic heterocycles. The number of H-pyrrole nitrogens is 1. The molecule has 6 rings (SSSR count). The number of carbonyl (C=O) groups is 1. The van der Waals surface area contributed by atoms with E-state index in [1.54, 1.807) is 0 Å². The van der Waals surface area contributed by atoms with E-state index >= 15 is 0 Å². The van der Waals surface area contributed by atoms with Gasteiger partial charge in [0.25, 0.3) is 5.91 Å². The zero-order valence-electron chi connectivity index (χ0n) is 19.1. The molecule has 1 saturated carbocycles. The van der Waals surface area contributed by atoms with Crippen LogP contribution in [0.3, 0.4) is 0 Å². The first-order chi connectivity index (χ1) is 16.6. The van der Waals surface area contributed by atoms with Crippen LogP contribution >= 0.6 is 0 Å². The Morgan fingerprint density at radius 1 is 1.09 bits per heavy atom. The number of amides is 1. The van der Waals surface area contributed by atoms with Crippen LogP contribution in [0, 0.1) is 0 Å². The maximum atomic E-state index is 12.2. The molecule has 1 atom stereocenters. The van der Waals surface area contributed by atoms with Crippen LogP contribution in [0.15, 0.2) is 30.3 Å². The van der Waals surface area contributed by atoms with E-state index in [2.05, 4.69) is 26.1 Å². The Balaban J connectivity index is 1.36. The van der Waals surface area contributed by atoms with Gasteiger partial charge in [-0.2, -0.15) is 5.10 Å². The Hall–Kier alpha value is -3.30. The van der Waals surface area contributed by atoms with E-state index in [0.29, 0.717) is 30.3 Å². The lowest BCUT2D eigenvalue weighted by Crippen LogP contribution is -2.47. The van der Waals surface area contributed by atoms with E-state index < -0.39 is 5.91 Å². The lowest BCUT2D eigenvalue weighted by molar-refractivity contribution is 0.100. The molecule has 178 valence electrons. The molecule has 0 unspecified atom stereocenters. The van der Waals surface area contributed by atoms with Crippen molar-refractivity contribution in [1.82, 2.24) is 15.1 Å². The summed E-state index contributed by atoms with van der Waals surface area (Å²) in [6.07, 6.45) is 3.44. The molecule has 3 heterocycles. The molecule has 1 aliphatic carbocycles. The number of carbonyl (C=O) groups excluding carboxylic acids is 1. The quantitative estimate of drug-likeness (QED) is 0.514. The summed E-state index contributed by atoms with van der Waals surface area (Å²) >= 11 is 0. The van der Waals surface area contributed by atoms with Crippen LogP contribution in [0.25, 0.3) is 22.0 Å². The highest BCUT2D eigenvalue weighted by molar-refractivity contribution is 6.01. The second-order valence-electron chi connectivity index (χ2n) is 9.46.